The number of halogens is 3. The fourth-order valence-corrected chi connectivity index (χ4v) is 5.46. The van der Waals surface area contributed by atoms with Crippen LogP contribution in [0.4, 0.5) is 23.9 Å². The van der Waals surface area contributed by atoms with Gasteiger partial charge < -0.3 is 20.3 Å². The van der Waals surface area contributed by atoms with Crippen molar-refractivity contribution in [3.8, 4) is 5.75 Å². The Labute approximate surface area is 246 Å². The fourth-order valence-electron chi connectivity index (χ4n) is 5.46. The largest absolute Gasteiger partial charge is 0.496 e. The van der Waals surface area contributed by atoms with Crippen molar-refractivity contribution in [1.29, 1.82) is 0 Å². The molecule has 0 aliphatic carbocycles. The molecule has 2 saturated heterocycles. The molecule has 3 heterocycles. The number of para-hydroxylation sites is 1. The maximum Gasteiger partial charge on any atom is 0.394 e. The average molecular weight is 600 g/mol. The van der Waals surface area contributed by atoms with E-state index in [9.17, 15) is 27.6 Å². The van der Waals surface area contributed by atoms with Crippen LogP contribution in [0.5, 0.6) is 5.75 Å². The first-order valence-corrected chi connectivity index (χ1v) is 13.8. The van der Waals surface area contributed by atoms with Gasteiger partial charge in [0.15, 0.2) is 5.82 Å². The first-order valence-electron chi connectivity index (χ1n) is 13.8. The third kappa shape index (κ3) is 5.91. The molecular formula is C29H32F3N7O4. The highest BCUT2D eigenvalue weighted by atomic mass is 19.4. The topological polar surface area (TPSA) is 127 Å². The third-order valence-corrected chi connectivity index (χ3v) is 7.78. The molecule has 1 aromatic heterocycles. The normalized spacial score (nSPS) is 18.8. The van der Waals surface area contributed by atoms with Crippen molar-refractivity contribution in [2.75, 3.05) is 38.7 Å². The summed E-state index contributed by atoms with van der Waals surface area (Å²) >= 11 is 0. The van der Waals surface area contributed by atoms with Crippen molar-refractivity contribution in [3.63, 3.8) is 0 Å². The molecule has 11 nitrogen and oxygen atoms in total. The van der Waals surface area contributed by atoms with E-state index in [1.165, 1.54) is 18.1 Å². The molecule has 2 fully saturated rings. The number of carbonyl (C=O) groups is 3. The van der Waals surface area contributed by atoms with Gasteiger partial charge in [0.1, 0.15) is 11.7 Å². The molecule has 0 spiro atoms. The van der Waals surface area contributed by atoms with Gasteiger partial charge in [-0.15, -0.1) is 5.10 Å². The lowest BCUT2D eigenvalue weighted by molar-refractivity contribution is -0.175. The van der Waals surface area contributed by atoms with Crippen LogP contribution in [0.2, 0.25) is 0 Å². The molecule has 3 amide bonds. The molecule has 0 saturated carbocycles. The van der Waals surface area contributed by atoms with Gasteiger partial charge in [-0.05, 0) is 36.1 Å². The SMILES string of the molecule is COc1ccccc1C(=O)n1nc(C2C(=O)N(C(=O)N3CCCC3)CC2C(F)(F)F)nc1N(C)Cc1ccc(CN)cc1. The van der Waals surface area contributed by atoms with E-state index in [1.54, 1.807) is 30.1 Å². The van der Waals surface area contributed by atoms with E-state index in [-0.39, 0.29) is 23.8 Å². The van der Waals surface area contributed by atoms with E-state index in [4.69, 9.17) is 10.5 Å². The molecule has 2 N–H and O–H groups in total. The van der Waals surface area contributed by atoms with E-state index in [0.29, 0.717) is 37.4 Å². The van der Waals surface area contributed by atoms with Crippen molar-refractivity contribution < 1.29 is 32.3 Å². The Hall–Kier alpha value is -4.46. The third-order valence-electron chi connectivity index (χ3n) is 7.78. The molecule has 0 radical (unpaired) electrons. The first-order chi connectivity index (χ1) is 20.5. The minimum Gasteiger partial charge on any atom is -0.496 e. The van der Waals surface area contributed by atoms with Crippen LogP contribution in [0.1, 0.15) is 46.1 Å². The fraction of sp³-hybridized carbons (Fsp3) is 0.414. The highest BCUT2D eigenvalue weighted by Crippen LogP contribution is 2.43. The Morgan fingerprint density at radius 2 is 1.72 bits per heavy atom. The zero-order valence-electron chi connectivity index (χ0n) is 23.8. The molecule has 228 valence electrons. The van der Waals surface area contributed by atoms with E-state index in [2.05, 4.69) is 10.1 Å². The Kier molecular flexibility index (Phi) is 8.40. The lowest BCUT2D eigenvalue weighted by Gasteiger charge is -2.22. The summed E-state index contributed by atoms with van der Waals surface area (Å²) in [6.07, 6.45) is -3.42. The van der Waals surface area contributed by atoms with E-state index < -0.39 is 48.2 Å². The molecule has 2 aromatic carbocycles. The van der Waals surface area contributed by atoms with Crippen LogP contribution in [0.25, 0.3) is 0 Å². The molecule has 3 aromatic rings. The number of amides is 3. The van der Waals surface area contributed by atoms with Crippen LogP contribution < -0.4 is 15.4 Å². The maximum atomic E-state index is 14.4. The number of hydrogen-bond donors (Lipinski definition) is 1. The molecule has 2 aliphatic heterocycles. The molecule has 43 heavy (non-hydrogen) atoms. The van der Waals surface area contributed by atoms with Gasteiger partial charge in [-0.25, -0.2) is 4.79 Å². The van der Waals surface area contributed by atoms with E-state index in [0.717, 1.165) is 15.8 Å². The van der Waals surface area contributed by atoms with Gasteiger partial charge in [0.05, 0.1) is 18.6 Å². The standard InChI is InChI=1S/C29H32F3N7O4/c1-36(16-19-11-9-18(15-33)10-12-19)27-34-24(35-39(27)25(40)20-7-3-4-8-22(20)43-2)23-21(29(30,31)32)17-38(26(23)41)28(42)37-13-5-6-14-37/h3-4,7-12,21,23H,5-6,13-17,33H2,1-2H3. The zero-order chi connectivity index (χ0) is 30.9. The van der Waals surface area contributed by atoms with Crippen LogP contribution in [-0.2, 0) is 17.9 Å². The molecule has 2 unspecified atom stereocenters. The number of alkyl halides is 3. The van der Waals surface area contributed by atoms with Gasteiger partial charge in [0.2, 0.25) is 11.9 Å². The van der Waals surface area contributed by atoms with Crippen molar-refractivity contribution in [1.82, 2.24) is 24.6 Å². The molecule has 0 bridgehead atoms. The monoisotopic (exact) mass is 599 g/mol. The van der Waals surface area contributed by atoms with E-state index in [1.807, 2.05) is 24.3 Å². The number of likely N-dealkylation sites (tertiary alicyclic amines) is 2. The summed E-state index contributed by atoms with van der Waals surface area (Å²) in [6, 6.07) is 12.9. The van der Waals surface area contributed by atoms with Crippen molar-refractivity contribution in [2.45, 2.75) is 38.0 Å². The minimum absolute atomic E-state index is 0.0770. The zero-order valence-corrected chi connectivity index (χ0v) is 23.8. The first kappa shape index (κ1) is 30.0. The number of ether oxygens (including phenoxy) is 1. The highest BCUT2D eigenvalue weighted by Gasteiger charge is 2.58. The Bertz CT molecular complexity index is 1500. The molecular weight excluding hydrogens is 567 g/mol. The maximum absolute atomic E-state index is 14.4. The van der Waals surface area contributed by atoms with Gasteiger partial charge in [-0.1, -0.05) is 36.4 Å². The summed E-state index contributed by atoms with van der Waals surface area (Å²) in [6.45, 7) is 0.449. The van der Waals surface area contributed by atoms with Gasteiger partial charge >= 0.3 is 12.2 Å². The second kappa shape index (κ2) is 12.0. The van der Waals surface area contributed by atoms with Crippen molar-refractivity contribution in [3.05, 3.63) is 71.0 Å². The Morgan fingerprint density at radius 1 is 1.07 bits per heavy atom. The van der Waals surface area contributed by atoms with Crippen molar-refractivity contribution >= 4 is 23.8 Å². The Morgan fingerprint density at radius 3 is 2.35 bits per heavy atom. The van der Waals surface area contributed by atoms with Crippen LogP contribution in [-0.4, -0.2) is 82.4 Å². The predicted molar refractivity (Wildman–Crippen MR) is 149 cm³/mol. The second-order valence-corrected chi connectivity index (χ2v) is 10.6. The van der Waals surface area contributed by atoms with Crippen LogP contribution >= 0.6 is 0 Å². The van der Waals surface area contributed by atoms with Crippen LogP contribution in [0, 0.1) is 5.92 Å². The summed E-state index contributed by atoms with van der Waals surface area (Å²) < 4.78 is 49.3. The average Bonchev–Trinajstić information content (AvgIpc) is 3.76. The van der Waals surface area contributed by atoms with Gasteiger partial charge in [-0.2, -0.15) is 22.8 Å². The Balaban J connectivity index is 1.56. The number of methoxy groups -OCH3 is 1. The smallest absolute Gasteiger partial charge is 0.394 e. The number of anilines is 1. The van der Waals surface area contributed by atoms with E-state index >= 15 is 0 Å². The van der Waals surface area contributed by atoms with Crippen LogP contribution in [0.15, 0.2) is 48.5 Å². The molecule has 2 atom stereocenters. The molecule has 2 aliphatic rings. The molecule has 14 heteroatoms. The number of benzene rings is 2. The summed E-state index contributed by atoms with van der Waals surface area (Å²) in [5, 5.41) is 4.21. The summed E-state index contributed by atoms with van der Waals surface area (Å²) in [5.41, 5.74) is 7.51. The van der Waals surface area contributed by atoms with Gasteiger partial charge in [-0.3, -0.25) is 14.5 Å². The summed E-state index contributed by atoms with van der Waals surface area (Å²) in [5.74, 6) is -6.26. The number of carbonyl (C=O) groups excluding carboxylic acids is 3. The second-order valence-electron chi connectivity index (χ2n) is 10.6. The number of nitrogens with two attached hydrogens (primary N) is 1. The highest BCUT2D eigenvalue weighted by molar-refractivity contribution is 6.01. The summed E-state index contributed by atoms with van der Waals surface area (Å²) in [4.78, 5) is 48.2. The number of rotatable bonds is 7. The number of hydrogen-bond acceptors (Lipinski definition) is 8. The predicted octanol–water partition coefficient (Wildman–Crippen LogP) is 3.39. The number of imide groups is 1. The van der Waals surface area contributed by atoms with Crippen molar-refractivity contribution in [2.24, 2.45) is 11.7 Å². The lowest BCUT2D eigenvalue weighted by Crippen LogP contribution is -2.43. The number of aromatic nitrogens is 3. The molecule has 5 rings (SSSR count). The number of nitrogens with zero attached hydrogens (tertiary/aromatic N) is 6. The van der Waals surface area contributed by atoms with Gasteiger partial charge in [0, 0.05) is 39.8 Å². The minimum atomic E-state index is -4.84. The quantitative estimate of drug-likeness (QED) is 0.438. The summed E-state index contributed by atoms with van der Waals surface area (Å²) in [7, 11) is 2.99. The van der Waals surface area contributed by atoms with Gasteiger partial charge in [0.25, 0.3) is 5.91 Å². The number of urea groups is 1. The van der Waals surface area contributed by atoms with Crippen LogP contribution in [0.3, 0.4) is 0 Å². The lowest BCUT2D eigenvalue weighted by atomic mass is 9.94.